The minimum absolute atomic E-state index is 0.0305. The SMILES string of the molecule is Cc1cc(Nc2nc(N[C@@H]3CCOC[C@@H]3N)nnc2C(N)=O)cc2c1cnn2C1CCC1. The molecule has 0 unspecified atom stereocenters. The molecule has 6 N–H and O–H groups in total. The first-order valence-corrected chi connectivity index (χ1v) is 10.9. The number of carbonyl (C=O) groups excluding carboxylic acids is 1. The van der Waals surface area contributed by atoms with Crippen molar-refractivity contribution in [3.63, 3.8) is 0 Å². The van der Waals surface area contributed by atoms with Gasteiger partial charge in [0.25, 0.3) is 5.91 Å². The Morgan fingerprint density at radius 3 is 2.81 bits per heavy atom. The van der Waals surface area contributed by atoms with Crippen LogP contribution < -0.4 is 22.1 Å². The lowest BCUT2D eigenvalue weighted by molar-refractivity contribution is 0.0751. The largest absolute Gasteiger partial charge is 0.380 e. The molecule has 2 fully saturated rings. The highest BCUT2D eigenvalue weighted by Crippen LogP contribution is 2.35. The molecular weight excluding hydrogens is 410 g/mol. The Morgan fingerprint density at radius 1 is 1.25 bits per heavy atom. The number of fused-ring (bicyclic) bond motifs is 1. The maximum absolute atomic E-state index is 12.0. The number of rotatable bonds is 6. The van der Waals surface area contributed by atoms with Crippen molar-refractivity contribution in [1.29, 1.82) is 0 Å². The Morgan fingerprint density at radius 2 is 2.09 bits per heavy atom. The number of primary amides is 1. The number of hydrogen-bond donors (Lipinski definition) is 4. The lowest BCUT2D eigenvalue weighted by Gasteiger charge is -2.29. The van der Waals surface area contributed by atoms with Crippen molar-refractivity contribution in [2.75, 3.05) is 23.8 Å². The van der Waals surface area contributed by atoms with Gasteiger partial charge in [0.2, 0.25) is 5.95 Å². The molecule has 1 saturated carbocycles. The molecule has 11 heteroatoms. The number of nitrogens with two attached hydrogens (primary N) is 2. The first-order valence-electron chi connectivity index (χ1n) is 10.9. The van der Waals surface area contributed by atoms with Crippen LogP contribution in [0.4, 0.5) is 17.5 Å². The second kappa shape index (κ2) is 8.32. The van der Waals surface area contributed by atoms with Gasteiger partial charge in [0.1, 0.15) is 0 Å². The smallest absolute Gasteiger partial charge is 0.273 e. The van der Waals surface area contributed by atoms with Crippen LogP contribution in [0.3, 0.4) is 0 Å². The average Bonchev–Trinajstić information content (AvgIpc) is 3.12. The number of benzene rings is 1. The maximum Gasteiger partial charge on any atom is 0.273 e. The van der Waals surface area contributed by atoms with E-state index in [9.17, 15) is 4.79 Å². The summed E-state index contributed by atoms with van der Waals surface area (Å²) in [5, 5.41) is 20.2. The Bertz CT molecular complexity index is 1160. The Labute approximate surface area is 184 Å². The van der Waals surface area contributed by atoms with E-state index in [4.69, 9.17) is 16.2 Å². The van der Waals surface area contributed by atoms with Crippen LogP contribution in [0.25, 0.3) is 10.9 Å². The summed E-state index contributed by atoms with van der Waals surface area (Å²) in [6, 6.07) is 4.21. The summed E-state index contributed by atoms with van der Waals surface area (Å²) < 4.78 is 7.47. The van der Waals surface area contributed by atoms with Crippen LogP contribution >= 0.6 is 0 Å². The van der Waals surface area contributed by atoms with Gasteiger partial charge in [-0.1, -0.05) is 0 Å². The molecule has 0 spiro atoms. The quantitative estimate of drug-likeness (QED) is 0.449. The summed E-state index contributed by atoms with van der Waals surface area (Å²) in [6.45, 7) is 3.10. The van der Waals surface area contributed by atoms with Crippen LogP contribution in [0.1, 0.15) is 47.8 Å². The maximum atomic E-state index is 12.0. The van der Waals surface area contributed by atoms with E-state index in [-0.39, 0.29) is 29.5 Å². The molecular formula is C21H27N9O2. The van der Waals surface area contributed by atoms with Crippen molar-refractivity contribution >= 4 is 34.3 Å². The highest BCUT2D eigenvalue weighted by atomic mass is 16.5. The molecule has 2 aromatic heterocycles. The van der Waals surface area contributed by atoms with Crippen molar-refractivity contribution in [3.05, 3.63) is 29.6 Å². The fraction of sp³-hybridized carbons (Fsp3) is 0.476. The normalized spacial score (nSPS) is 21.3. The molecule has 0 bridgehead atoms. The molecule has 168 valence electrons. The van der Waals surface area contributed by atoms with Crippen molar-refractivity contribution in [3.8, 4) is 0 Å². The van der Waals surface area contributed by atoms with Crippen molar-refractivity contribution in [2.45, 2.75) is 50.7 Å². The van der Waals surface area contributed by atoms with Gasteiger partial charge in [-0.05, 0) is 50.3 Å². The van der Waals surface area contributed by atoms with Gasteiger partial charge in [-0.3, -0.25) is 9.48 Å². The molecule has 2 atom stereocenters. The zero-order valence-corrected chi connectivity index (χ0v) is 17.9. The summed E-state index contributed by atoms with van der Waals surface area (Å²) >= 11 is 0. The van der Waals surface area contributed by atoms with Gasteiger partial charge < -0.3 is 26.8 Å². The number of aromatic nitrogens is 5. The molecule has 1 aliphatic heterocycles. The van der Waals surface area contributed by atoms with Crippen molar-refractivity contribution in [2.24, 2.45) is 11.5 Å². The van der Waals surface area contributed by atoms with Gasteiger partial charge in [-0.15, -0.1) is 10.2 Å². The fourth-order valence-corrected chi connectivity index (χ4v) is 4.20. The summed E-state index contributed by atoms with van der Waals surface area (Å²) in [5.74, 6) is -0.194. The monoisotopic (exact) mass is 437 g/mol. The van der Waals surface area contributed by atoms with Crippen LogP contribution in [0.2, 0.25) is 0 Å². The number of carbonyl (C=O) groups is 1. The van der Waals surface area contributed by atoms with Gasteiger partial charge in [0, 0.05) is 29.8 Å². The molecule has 3 heterocycles. The first kappa shape index (κ1) is 20.6. The molecule has 1 aromatic carbocycles. The van der Waals surface area contributed by atoms with E-state index in [1.54, 1.807) is 0 Å². The number of hydrogen-bond acceptors (Lipinski definition) is 9. The standard InChI is InChI=1S/C21H27N9O2/c1-11-7-12(8-17-14(11)9-24-30(17)13-3-2-4-13)25-20-18(19(23)31)28-29-21(27-20)26-16-5-6-32-10-15(16)22/h7-9,13,15-16H,2-6,10,22H2,1H3,(H2,23,31)(H2,25,26,27,29)/t15-,16+/m0/s1. The lowest BCUT2D eigenvalue weighted by Crippen LogP contribution is -2.48. The number of ether oxygens (including phenoxy) is 1. The Kier molecular flexibility index (Phi) is 5.35. The lowest BCUT2D eigenvalue weighted by atomic mass is 9.93. The van der Waals surface area contributed by atoms with Gasteiger partial charge >= 0.3 is 0 Å². The third-order valence-corrected chi connectivity index (χ3v) is 6.24. The zero-order chi connectivity index (χ0) is 22.2. The van der Waals surface area contributed by atoms with Crippen molar-refractivity contribution in [1.82, 2.24) is 25.0 Å². The van der Waals surface area contributed by atoms with E-state index < -0.39 is 5.91 Å². The predicted molar refractivity (Wildman–Crippen MR) is 120 cm³/mol. The van der Waals surface area contributed by atoms with E-state index in [0.717, 1.165) is 41.4 Å². The molecule has 2 aliphatic rings. The van der Waals surface area contributed by atoms with Crippen LogP contribution in [0, 0.1) is 6.92 Å². The van der Waals surface area contributed by atoms with E-state index in [0.29, 0.717) is 19.3 Å². The first-order chi connectivity index (χ1) is 15.5. The zero-order valence-electron chi connectivity index (χ0n) is 17.9. The summed E-state index contributed by atoms with van der Waals surface area (Å²) in [7, 11) is 0. The van der Waals surface area contributed by atoms with Crippen LogP contribution in [0.5, 0.6) is 0 Å². The summed E-state index contributed by atoms with van der Waals surface area (Å²) in [6.07, 6.45) is 6.14. The van der Waals surface area contributed by atoms with Gasteiger partial charge in [-0.25, -0.2) is 0 Å². The number of amides is 1. The highest BCUT2D eigenvalue weighted by molar-refractivity contribution is 5.96. The topological polar surface area (TPSA) is 159 Å². The molecule has 3 aromatic rings. The van der Waals surface area contributed by atoms with Gasteiger partial charge in [-0.2, -0.15) is 10.1 Å². The van der Waals surface area contributed by atoms with Crippen LogP contribution in [0.15, 0.2) is 18.3 Å². The molecule has 5 rings (SSSR count). The number of nitrogens with one attached hydrogen (secondary N) is 2. The highest BCUT2D eigenvalue weighted by Gasteiger charge is 2.25. The minimum Gasteiger partial charge on any atom is -0.380 e. The van der Waals surface area contributed by atoms with E-state index in [2.05, 4.69) is 35.6 Å². The van der Waals surface area contributed by atoms with E-state index >= 15 is 0 Å². The second-order valence-electron chi connectivity index (χ2n) is 8.50. The van der Waals surface area contributed by atoms with Gasteiger partial charge in [0.15, 0.2) is 11.5 Å². The second-order valence-corrected chi connectivity index (χ2v) is 8.50. The molecule has 32 heavy (non-hydrogen) atoms. The fourth-order valence-electron chi connectivity index (χ4n) is 4.20. The Hall–Kier alpha value is -3.31. The third kappa shape index (κ3) is 3.84. The van der Waals surface area contributed by atoms with E-state index in [1.165, 1.54) is 6.42 Å². The van der Waals surface area contributed by atoms with Crippen LogP contribution in [-0.4, -0.2) is 56.2 Å². The molecule has 11 nitrogen and oxygen atoms in total. The number of aryl methyl sites for hydroxylation is 1. The molecule has 0 radical (unpaired) electrons. The average molecular weight is 438 g/mol. The van der Waals surface area contributed by atoms with Crippen LogP contribution in [-0.2, 0) is 4.74 Å². The Balaban J connectivity index is 1.46. The van der Waals surface area contributed by atoms with Crippen molar-refractivity contribution < 1.29 is 9.53 Å². The molecule has 1 saturated heterocycles. The minimum atomic E-state index is -0.709. The molecule has 1 aliphatic carbocycles. The number of nitrogens with zero attached hydrogens (tertiary/aromatic N) is 5. The summed E-state index contributed by atoms with van der Waals surface area (Å²) in [5.41, 5.74) is 14.5. The summed E-state index contributed by atoms with van der Waals surface area (Å²) in [4.78, 5) is 16.4. The third-order valence-electron chi connectivity index (χ3n) is 6.24. The van der Waals surface area contributed by atoms with Gasteiger partial charge in [0.05, 0.1) is 24.4 Å². The molecule has 1 amide bonds. The predicted octanol–water partition coefficient (Wildman–Crippen LogP) is 1.63. The number of anilines is 3. The van der Waals surface area contributed by atoms with E-state index in [1.807, 2.05) is 25.3 Å².